The van der Waals surface area contributed by atoms with Crippen LogP contribution in [0.15, 0.2) is 34.9 Å². The Hall–Kier alpha value is -1.37. The summed E-state index contributed by atoms with van der Waals surface area (Å²) in [6.45, 7) is 6.56. The highest BCUT2D eigenvalue weighted by Gasteiger charge is 2.18. The van der Waals surface area contributed by atoms with E-state index in [1.165, 1.54) is 0 Å². The molecule has 0 aliphatic heterocycles. The molecule has 0 bridgehead atoms. The maximum Gasteiger partial charge on any atom is 0.255 e. The van der Waals surface area contributed by atoms with E-state index in [9.17, 15) is 4.79 Å². The monoisotopic (exact) mass is 414 g/mol. The zero-order valence-corrected chi connectivity index (χ0v) is 16.5. The van der Waals surface area contributed by atoms with Crippen LogP contribution in [0.1, 0.15) is 36.3 Å². The first-order chi connectivity index (χ1) is 10.9. The van der Waals surface area contributed by atoms with E-state index in [0.717, 1.165) is 22.3 Å². The summed E-state index contributed by atoms with van der Waals surface area (Å²) in [5.41, 5.74) is 8.05. The van der Waals surface area contributed by atoms with Gasteiger partial charge in [0.2, 0.25) is 0 Å². The summed E-state index contributed by atoms with van der Waals surface area (Å²) in [5.74, 6) is 0.356. The molecule has 1 unspecified atom stereocenters. The molecule has 0 radical (unpaired) electrons. The Morgan fingerprint density at radius 1 is 1.42 bits per heavy atom. The fraction of sp³-hybridized carbons (Fsp3) is 0.412. The Morgan fingerprint density at radius 3 is 2.71 bits per heavy atom. The largest absolute Gasteiger partial charge is 0.348 e. The first kappa shape index (κ1) is 20.7. The third-order valence-corrected chi connectivity index (χ3v) is 4.18. The highest BCUT2D eigenvalue weighted by atomic mass is 79.9. The third kappa shape index (κ3) is 5.06. The minimum Gasteiger partial charge on any atom is -0.348 e. The summed E-state index contributed by atoms with van der Waals surface area (Å²) in [6, 6.07) is 7.79. The van der Waals surface area contributed by atoms with E-state index in [2.05, 4.69) is 40.2 Å². The fourth-order valence-electron chi connectivity index (χ4n) is 2.55. The van der Waals surface area contributed by atoms with Gasteiger partial charge in [-0.3, -0.25) is 4.79 Å². The van der Waals surface area contributed by atoms with Crippen LogP contribution >= 0.6 is 28.3 Å². The van der Waals surface area contributed by atoms with Crippen LogP contribution in [0.4, 0.5) is 0 Å². The second-order valence-corrected chi connectivity index (χ2v) is 6.99. The smallest absolute Gasteiger partial charge is 0.255 e. The van der Waals surface area contributed by atoms with E-state index < -0.39 is 0 Å². The van der Waals surface area contributed by atoms with Crippen molar-refractivity contribution in [2.75, 3.05) is 6.54 Å². The number of carbonyl (C=O) groups excluding carboxylic acids is 1. The molecule has 2 rings (SSSR count). The maximum atomic E-state index is 12.5. The molecule has 1 heterocycles. The highest BCUT2D eigenvalue weighted by molar-refractivity contribution is 9.10. The number of benzene rings is 1. The zero-order chi connectivity index (χ0) is 17.0. The van der Waals surface area contributed by atoms with Crippen LogP contribution in [-0.2, 0) is 0 Å². The Bertz CT molecular complexity index is 687. The average Bonchev–Trinajstić information content (AvgIpc) is 2.87. The minimum absolute atomic E-state index is 0. The number of nitrogens with zero attached hydrogens (tertiary/aromatic N) is 2. The number of rotatable bonds is 6. The van der Waals surface area contributed by atoms with Gasteiger partial charge in [0, 0.05) is 17.1 Å². The Kier molecular flexibility index (Phi) is 7.93. The number of nitrogens with one attached hydrogen (secondary N) is 1. The molecule has 1 atom stereocenters. The van der Waals surface area contributed by atoms with E-state index in [1.807, 2.05) is 31.2 Å². The maximum absolute atomic E-state index is 12.5. The van der Waals surface area contributed by atoms with Gasteiger partial charge in [-0.15, -0.1) is 12.4 Å². The van der Waals surface area contributed by atoms with Crippen LogP contribution in [0.3, 0.4) is 0 Å². The molecule has 0 aliphatic rings. The van der Waals surface area contributed by atoms with Crippen LogP contribution in [0.5, 0.6) is 0 Å². The number of nitrogens with two attached hydrogens (primary N) is 1. The molecule has 24 heavy (non-hydrogen) atoms. The molecule has 2 aromatic rings. The molecule has 0 fully saturated rings. The van der Waals surface area contributed by atoms with E-state index in [-0.39, 0.29) is 24.4 Å². The molecule has 3 N–H and O–H groups in total. The second-order valence-electron chi connectivity index (χ2n) is 6.07. The number of carbonyl (C=O) groups is 1. The lowest BCUT2D eigenvalue weighted by molar-refractivity contribution is 0.0933. The number of hydrogen-bond donors (Lipinski definition) is 2. The quantitative estimate of drug-likeness (QED) is 0.759. The van der Waals surface area contributed by atoms with Gasteiger partial charge in [0.05, 0.1) is 23.1 Å². The van der Waals surface area contributed by atoms with E-state index in [4.69, 9.17) is 5.73 Å². The van der Waals surface area contributed by atoms with Crippen molar-refractivity contribution in [2.24, 2.45) is 11.7 Å². The van der Waals surface area contributed by atoms with Gasteiger partial charge in [0.15, 0.2) is 0 Å². The lowest BCUT2D eigenvalue weighted by Gasteiger charge is -2.18. The Morgan fingerprint density at radius 2 is 2.12 bits per heavy atom. The number of halogens is 2. The second kappa shape index (κ2) is 9.20. The van der Waals surface area contributed by atoms with Gasteiger partial charge in [-0.25, -0.2) is 4.68 Å². The molecule has 5 nitrogen and oxygen atoms in total. The molecular weight excluding hydrogens is 392 g/mol. The van der Waals surface area contributed by atoms with Gasteiger partial charge < -0.3 is 11.1 Å². The number of amides is 1. The highest BCUT2D eigenvalue weighted by Crippen LogP contribution is 2.18. The summed E-state index contributed by atoms with van der Waals surface area (Å²) in [4.78, 5) is 12.5. The standard InChI is InChI=1S/C17H23BrN4O.ClH/c1-11(2)7-14(9-19)21-17(23)16-10-20-22(12(16)3)15-6-4-5-13(18)8-15;/h4-6,8,10-11,14H,7,9,19H2,1-3H3,(H,21,23);1H. The Balaban J connectivity index is 0.00000288. The van der Waals surface area contributed by atoms with E-state index in [0.29, 0.717) is 18.0 Å². The number of aromatic nitrogens is 2. The zero-order valence-electron chi connectivity index (χ0n) is 14.1. The van der Waals surface area contributed by atoms with Crippen LogP contribution in [0.25, 0.3) is 5.69 Å². The topological polar surface area (TPSA) is 72.9 Å². The van der Waals surface area contributed by atoms with Gasteiger partial charge in [-0.1, -0.05) is 35.8 Å². The lowest BCUT2D eigenvalue weighted by Crippen LogP contribution is -2.41. The molecule has 132 valence electrons. The van der Waals surface area contributed by atoms with Crippen molar-refractivity contribution in [1.29, 1.82) is 0 Å². The first-order valence-corrected chi connectivity index (χ1v) is 8.53. The van der Waals surface area contributed by atoms with E-state index >= 15 is 0 Å². The van der Waals surface area contributed by atoms with Crippen LogP contribution < -0.4 is 11.1 Å². The first-order valence-electron chi connectivity index (χ1n) is 7.73. The predicted octanol–water partition coefficient (Wildman–Crippen LogP) is 3.47. The number of hydrogen-bond acceptors (Lipinski definition) is 3. The van der Waals surface area contributed by atoms with E-state index in [1.54, 1.807) is 10.9 Å². The summed E-state index contributed by atoms with van der Waals surface area (Å²) in [6.07, 6.45) is 2.47. The third-order valence-electron chi connectivity index (χ3n) is 3.68. The normalized spacial score (nSPS) is 11.9. The van der Waals surface area contributed by atoms with Gasteiger partial charge in [0.25, 0.3) is 5.91 Å². The summed E-state index contributed by atoms with van der Waals surface area (Å²) >= 11 is 3.45. The summed E-state index contributed by atoms with van der Waals surface area (Å²) < 4.78 is 2.73. The molecule has 0 saturated heterocycles. The SMILES string of the molecule is Cc1c(C(=O)NC(CN)CC(C)C)cnn1-c1cccc(Br)c1.Cl. The molecule has 7 heteroatoms. The van der Waals surface area contributed by atoms with Crippen LogP contribution in [0, 0.1) is 12.8 Å². The van der Waals surface area contributed by atoms with Crippen LogP contribution in [-0.4, -0.2) is 28.3 Å². The van der Waals surface area contributed by atoms with Crippen molar-refractivity contribution >= 4 is 34.2 Å². The van der Waals surface area contributed by atoms with Gasteiger partial charge >= 0.3 is 0 Å². The van der Waals surface area contributed by atoms with Crippen LogP contribution in [0.2, 0.25) is 0 Å². The average molecular weight is 416 g/mol. The van der Waals surface area contributed by atoms with Crippen molar-refractivity contribution in [2.45, 2.75) is 33.2 Å². The Labute approximate surface area is 157 Å². The minimum atomic E-state index is -0.125. The fourth-order valence-corrected chi connectivity index (χ4v) is 2.93. The van der Waals surface area contributed by atoms with Crippen molar-refractivity contribution < 1.29 is 4.79 Å². The molecule has 0 saturated carbocycles. The molecule has 0 spiro atoms. The van der Waals surface area contributed by atoms with Gasteiger partial charge in [0.1, 0.15) is 0 Å². The van der Waals surface area contributed by atoms with Crippen molar-refractivity contribution in [3.05, 3.63) is 46.2 Å². The molecule has 0 aliphatic carbocycles. The molecule has 1 aromatic heterocycles. The molecule has 1 aromatic carbocycles. The summed E-state index contributed by atoms with van der Waals surface area (Å²) in [7, 11) is 0. The lowest BCUT2D eigenvalue weighted by atomic mass is 10.0. The van der Waals surface area contributed by atoms with Gasteiger partial charge in [-0.05, 0) is 37.5 Å². The predicted molar refractivity (Wildman–Crippen MR) is 103 cm³/mol. The van der Waals surface area contributed by atoms with Crippen molar-refractivity contribution in [3.8, 4) is 5.69 Å². The van der Waals surface area contributed by atoms with Gasteiger partial charge in [-0.2, -0.15) is 5.10 Å². The molecule has 1 amide bonds. The summed E-state index contributed by atoms with van der Waals surface area (Å²) in [5, 5.41) is 7.35. The van der Waals surface area contributed by atoms with Crippen molar-refractivity contribution in [1.82, 2.24) is 15.1 Å². The van der Waals surface area contributed by atoms with Crippen molar-refractivity contribution in [3.63, 3.8) is 0 Å². The molecular formula is C17H24BrClN4O.